The summed E-state index contributed by atoms with van der Waals surface area (Å²) in [5.74, 6) is -0.503. The van der Waals surface area contributed by atoms with Gasteiger partial charge in [-0.2, -0.15) is 0 Å². The average molecular weight is 426 g/mol. The number of nitrogens with zero attached hydrogens (tertiary/aromatic N) is 1. The molecule has 0 aliphatic rings. The lowest BCUT2D eigenvalue weighted by molar-refractivity contribution is -0.117. The second-order valence-corrected chi connectivity index (χ2v) is 6.39. The number of nitrogens with one attached hydrogen (secondary N) is 1. The maximum Gasteiger partial charge on any atom is 0.254 e. The van der Waals surface area contributed by atoms with Crippen molar-refractivity contribution in [2.24, 2.45) is 5.73 Å². The first-order valence-corrected chi connectivity index (χ1v) is 7.95. The molecule has 1 heterocycles. The molecular formula is C14H13BrCl3N3O. The standard InChI is InChI=1S/C14H13BrCl3N3O/c1-7(16)12(10(17)3-4-19)14(22)21-8(2)13-11(18)5-9(15)6-20-13/h3-6,8H,1,19H2,2H3,(H,21,22)/b4-3-,12-10-. The highest BCUT2D eigenvalue weighted by molar-refractivity contribution is 9.10. The summed E-state index contributed by atoms with van der Waals surface area (Å²) in [6, 6.07) is 1.24. The Balaban J connectivity index is 3.04. The van der Waals surface area contributed by atoms with Gasteiger partial charge >= 0.3 is 0 Å². The van der Waals surface area contributed by atoms with Gasteiger partial charge in [-0.25, -0.2) is 0 Å². The van der Waals surface area contributed by atoms with Crippen molar-refractivity contribution < 1.29 is 4.79 Å². The molecule has 0 saturated carbocycles. The van der Waals surface area contributed by atoms with Gasteiger partial charge in [0.25, 0.3) is 5.91 Å². The third kappa shape index (κ3) is 5.02. The Bertz CT molecular complexity index is 659. The second-order valence-electron chi connectivity index (χ2n) is 4.20. The van der Waals surface area contributed by atoms with Gasteiger partial charge in [-0.3, -0.25) is 9.78 Å². The number of carbonyl (C=O) groups is 1. The maximum absolute atomic E-state index is 12.3. The van der Waals surface area contributed by atoms with Crippen molar-refractivity contribution in [3.05, 3.63) is 61.9 Å². The molecule has 118 valence electrons. The number of hydrogen-bond donors (Lipinski definition) is 2. The highest BCUT2D eigenvalue weighted by atomic mass is 79.9. The van der Waals surface area contributed by atoms with Crippen LogP contribution in [0.3, 0.4) is 0 Å². The normalized spacial score (nSPS) is 13.7. The Hall–Kier alpha value is -1.01. The van der Waals surface area contributed by atoms with Crippen LogP contribution < -0.4 is 11.1 Å². The molecule has 1 rings (SSSR count). The van der Waals surface area contributed by atoms with E-state index in [4.69, 9.17) is 40.5 Å². The van der Waals surface area contributed by atoms with Crippen LogP contribution in [0.15, 0.2) is 51.2 Å². The second kappa shape index (κ2) is 8.58. The lowest BCUT2D eigenvalue weighted by atomic mass is 10.1. The number of allylic oxidation sites excluding steroid dienone is 2. The molecule has 3 N–H and O–H groups in total. The smallest absolute Gasteiger partial charge is 0.254 e. The summed E-state index contributed by atoms with van der Waals surface area (Å²) in [7, 11) is 0. The van der Waals surface area contributed by atoms with Gasteiger partial charge in [0, 0.05) is 15.7 Å². The van der Waals surface area contributed by atoms with Crippen LogP contribution in [0.4, 0.5) is 0 Å². The molecule has 1 aromatic heterocycles. The van der Waals surface area contributed by atoms with E-state index in [1.54, 1.807) is 19.2 Å². The summed E-state index contributed by atoms with van der Waals surface area (Å²) >= 11 is 21.2. The van der Waals surface area contributed by atoms with Crippen LogP contribution in [-0.2, 0) is 4.79 Å². The van der Waals surface area contributed by atoms with Gasteiger partial charge in [-0.15, -0.1) is 0 Å². The van der Waals surface area contributed by atoms with E-state index in [1.165, 1.54) is 12.3 Å². The third-order valence-corrected chi connectivity index (χ3v) is 3.81. The maximum atomic E-state index is 12.3. The van der Waals surface area contributed by atoms with Gasteiger partial charge in [-0.05, 0) is 41.2 Å². The number of halogens is 4. The van der Waals surface area contributed by atoms with Gasteiger partial charge in [0.2, 0.25) is 0 Å². The lowest BCUT2D eigenvalue weighted by Gasteiger charge is -2.16. The molecule has 0 spiro atoms. The molecule has 1 unspecified atom stereocenters. The van der Waals surface area contributed by atoms with Crippen LogP contribution in [0.1, 0.15) is 18.7 Å². The Labute approximate surface area is 152 Å². The molecule has 1 atom stereocenters. The van der Waals surface area contributed by atoms with E-state index < -0.39 is 11.9 Å². The third-order valence-electron chi connectivity index (χ3n) is 2.57. The van der Waals surface area contributed by atoms with Crippen LogP contribution >= 0.6 is 50.7 Å². The zero-order valence-corrected chi connectivity index (χ0v) is 15.4. The van der Waals surface area contributed by atoms with Crippen molar-refractivity contribution in [3.8, 4) is 0 Å². The molecule has 0 bridgehead atoms. The van der Waals surface area contributed by atoms with Crippen LogP contribution in [0.2, 0.25) is 5.02 Å². The molecule has 0 radical (unpaired) electrons. The Morgan fingerprint density at radius 1 is 1.55 bits per heavy atom. The van der Waals surface area contributed by atoms with Crippen molar-refractivity contribution in [2.45, 2.75) is 13.0 Å². The summed E-state index contributed by atoms with van der Waals surface area (Å²) in [6.45, 7) is 5.27. The monoisotopic (exact) mass is 423 g/mol. The van der Waals surface area contributed by atoms with Gasteiger partial charge in [0.05, 0.1) is 27.4 Å². The fraction of sp³-hybridized carbons (Fsp3) is 0.143. The predicted molar refractivity (Wildman–Crippen MR) is 94.7 cm³/mol. The molecular weight excluding hydrogens is 412 g/mol. The zero-order valence-electron chi connectivity index (χ0n) is 11.5. The average Bonchev–Trinajstić information content (AvgIpc) is 2.37. The molecule has 4 nitrogen and oxygen atoms in total. The van der Waals surface area contributed by atoms with Crippen molar-refractivity contribution >= 4 is 56.6 Å². The molecule has 22 heavy (non-hydrogen) atoms. The number of amides is 1. The van der Waals surface area contributed by atoms with E-state index >= 15 is 0 Å². The van der Waals surface area contributed by atoms with Crippen LogP contribution in [0, 0.1) is 0 Å². The van der Waals surface area contributed by atoms with Crippen molar-refractivity contribution in [3.63, 3.8) is 0 Å². The quantitative estimate of drug-likeness (QED) is 0.543. The minimum Gasteiger partial charge on any atom is -0.405 e. The first kappa shape index (κ1) is 19.0. The summed E-state index contributed by atoms with van der Waals surface area (Å²) in [4.78, 5) is 16.5. The van der Waals surface area contributed by atoms with Crippen molar-refractivity contribution in [2.75, 3.05) is 0 Å². The largest absolute Gasteiger partial charge is 0.405 e. The van der Waals surface area contributed by atoms with E-state index in [1.807, 2.05) is 0 Å². The van der Waals surface area contributed by atoms with Gasteiger partial charge < -0.3 is 11.1 Å². The Kier molecular flexibility index (Phi) is 7.42. The van der Waals surface area contributed by atoms with E-state index in [-0.39, 0.29) is 15.6 Å². The van der Waals surface area contributed by atoms with E-state index in [9.17, 15) is 4.79 Å². The minimum atomic E-state index is -0.503. The van der Waals surface area contributed by atoms with Gasteiger partial charge in [0.15, 0.2) is 0 Å². The Morgan fingerprint density at radius 2 is 2.18 bits per heavy atom. The van der Waals surface area contributed by atoms with E-state index in [0.29, 0.717) is 10.7 Å². The van der Waals surface area contributed by atoms with E-state index in [2.05, 4.69) is 32.8 Å². The topological polar surface area (TPSA) is 68.0 Å². The van der Waals surface area contributed by atoms with Gasteiger partial charge in [-0.1, -0.05) is 41.4 Å². The Morgan fingerprint density at radius 3 is 2.68 bits per heavy atom. The highest BCUT2D eigenvalue weighted by Crippen LogP contribution is 2.26. The number of nitrogens with two attached hydrogens (primary N) is 1. The summed E-state index contributed by atoms with van der Waals surface area (Å²) in [5.41, 5.74) is 5.81. The van der Waals surface area contributed by atoms with Crippen LogP contribution in [0.25, 0.3) is 0 Å². The zero-order chi connectivity index (χ0) is 16.9. The first-order valence-electron chi connectivity index (χ1n) is 6.02. The number of aromatic nitrogens is 1. The summed E-state index contributed by atoms with van der Waals surface area (Å²) in [5, 5.41) is 3.22. The lowest BCUT2D eigenvalue weighted by Crippen LogP contribution is -2.29. The molecule has 8 heteroatoms. The van der Waals surface area contributed by atoms with Crippen LogP contribution in [-0.4, -0.2) is 10.9 Å². The predicted octanol–water partition coefficient (Wildman–Crippen LogP) is 4.39. The molecule has 0 aliphatic carbocycles. The fourth-order valence-corrected chi connectivity index (χ4v) is 2.91. The fourth-order valence-electron chi connectivity index (χ4n) is 1.61. The molecule has 1 amide bonds. The number of hydrogen-bond acceptors (Lipinski definition) is 3. The van der Waals surface area contributed by atoms with Crippen molar-refractivity contribution in [1.82, 2.24) is 10.3 Å². The summed E-state index contributed by atoms with van der Waals surface area (Å²) in [6.07, 6.45) is 4.14. The SMILES string of the molecule is C=C(Cl)/C(C(=O)NC(C)c1ncc(Br)cc1Cl)=C(Cl)\C=C/N. The molecule has 0 fully saturated rings. The number of pyridine rings is 1. The number of carbonyl (C=O) groups excluding carboxylic acids is 1. The molecule has 0 aliphatic heterocycles. The summed E-state index contributed by atoms with van der Waals surface area (Å²) < 4.78 is 0.741. The molecule has 0 aromatic carbocycles. The van der Waals surface area contributed by atoms with E-state index in [0.717, 1.165) is 4.47 Å². The minimum absolute atomic E-state index is 0.00247. The molecule has 0 saturated heterocycles. The highest BCUT2D eigenvalue weighted by Gasteiger charge is 2.20. The number of rotatable bonds is 5. The first-order chi connectivity index (χ1) is 10.3. The van der Waals surface area contributed by atoms with Crippen LogP contribution in [0.5, 0.6) is 0 Å². The van der Waals surface area contributed by atoms with Gasteiger partial charge in [0.1, 0.15) is 0 Å². The van der Waals surface area contributed by atoms with Crippen molar-refractivity contribution in [1.29, 1.82) is 0 Å². The molecule has 1 aromatic rings.